The number of amides is 11. The van der Waals surface area contributed by atoms with Crippen LogP contribution < -0.4 is 21.3 Å². The maximum Gasteiger partial charge on any atom is 0.246 e. The first-order chi connectivity index (χ1) is 39.8. The lowest BCUT2D eigenvalue weighted by Gasteiger charge is -2.41. The van der Waals surface area contributed by atoms with Gasteiger partial charge in [-0.1, -0.05) is 95.2 Å². The zero-order valence-corrected chi connectivity index (χ0v) is 55.2. The van der Waals surface area contributed by atoms with E-state index in [0.717, 1.165) is 19.6 Å². The average molecular weight is 1220 g/mol. The fraction of sp³-hybridized carbons (Fsp3) is 0.787. The molecule has 2 aliphatic rings. The van der Waals surface area contributed by atoms with Gasteiger partial charge in [-0.25, -0.2) is 0 Å². The number of aliphatic hydroxyl groups excluding tert-OH is 3. The number of rotatable bonds is 14. The van der Waals surface area contributed by atoms with Crippen LogP contribution >= 0.6 is 0 Å². The Kier molecular flexibility index (Phi) is 29.8. The Balaban J connectivity index is 3.00. The highest BCUT2D eigenvalue weighted by atomic mass is 16.3. The van der Waals surface area contributed by atoms with E-state index in [9.17, 15) is 58.5 Å². The van der Waals surface area contributed by atoms with E-state index in [1.807, 2.05) is 41.5 Å². The minimum absolute atomic E-state index is 0.0761. The SMILES string of the molecule is C/C=C/C[C@@H](C)[C@@H](O)[C@H]1C(=O)N[C@@H](CC)C(=O)N2CC(O)C[C@@H]2C(=O)N(C)[C@@H](CO)C(=O)N[C@@H](C(C)C)C(=O)N(C)[C@@H](CC(C)C)C(=O)N[C@@H](C)C(=O)N[C@H](C)C(=O)N(C)[C@@H](CC(C)C)C(=O)N(C)[C@@H](CC(C)C)C(=O)N(C)[C@@H](C(C)C)C(=O)N1C. The molecule has 0 saturated carbocycles. The normalized spacial score (nSPS) is 29.0. The number of fused-ring (bicyclic) bond motifs is 1. The third-order valence-electron chi connectivity index (χ3n) is 16.6. The fourth-order valence-corrected chi connectivity index (χ4v) is 11.2. The second-order valence-electron chi connectivity index (χ2n) is 25.8. The summed E-state index contributed by atoms with van der Waals surface area (Å²) in [5.74, 6) is -10.9. The molecule has 25 nitrogen and oxygen atoms in total. The Bertz CT molecular complexity index is 2400. The van der Waals surface area contributed by atoms with Gasteiger partial charge in [0.05, 0.1) is 18.8 Å². The molecule has 86 heavy (non-hydrogen) atoms. The van der Waals surface area contributed by atoms with Crippen LogP contribution in [0.15, 0.2) is 12.2 Å². The van der Waals surface area contributed by atoms with E-state index < -0.39 is 168 Å². The summed E-state index contributed by atoms with van der Waals surface area (Å²) in [5.41, 5.74) is 0. The van der Waals surface area contributed by atoms with Crippen molar-refractivity contribution in [3.63, 3.8) is 0 Å². The third-order valence-corrected chi connectivity index (χ3v) is 16.6. The molecule has 2 fully saturated rings. The molecule has 1 unspecified atom stereocenters. The minimum Gasteiger partial charge on any atom is -0.394 e. The summed E-state index contributed by atoms with van der Waals surface area (Å²) < 4.78 is 0. The van der Waals surface area contributed by atoms with E-state index in [1.54, 1.807) is 60.6 Å². The second kappa shape index (κ2) is 33.8. The monoisotopic (exact) mass is 1220 g/mol. The fourth-order valence-electron chi connectivity index (χ4n) is 11.2. The van der Waals surface area contributed by atoms with Gasteiger partial charge in [-0.15, -0.1) is 0 Å². The summed E-state index contributed by atoms with van der Waals surface area (Å²) in [7, 11) is 8.17. The molecule has 2 rings (SSSR count). The molecule has 14 atom stereocenters. The zero-order chi connectivity index (χ0) is 66.3. The minimum atomic E-state index is -1.68. The van der Waals surface area contributed by atoms with Crippen molar-refractivity contribution in [1.29, 1.82) is 0 Å². The van der Waals surface area contributed by atoms with Crippen LogP contribution in [0, 0.1) is 35.5 Å². The summed E-state index contributed by atoms with van der Waals surface area (Å²) in [6, 6.07) is -14.8. The molecule has 2 heterocycles. The molecule has 0 aromatic rings. The van der Waals surface area contributed by atoms with Crippen LogP contribution in [-0.4, -0.2) is 249 Å². The van der Waals surface area contributed by atoms with Gasteiger partial charge in [0.2, 0.25) is 65.0 Å². The number of nitrogens with zero attached hydrogens (tertiary/aromatic N) is 7. The maximum absolute atomic E-state index is 15.2. The number of carbonyl (C=O) groups excluding carboxylic acids is 11. The molecule has 2 saturated heterocycles. The zero-order valence-electron chi connectivity index (χ0n) is 55.2. The first-order valence-electron chi connectivity index (χ1n) is 30.5. The molecular weight excluding hydrogens is 1110 g/mol. The van der Waals surface area contributed by atoms with Crippen molar-refractivity contribution < 1.29 is 68.1 Å². The number of hydrogen-bond acceptors (Lipinski definition) is 14. The molecule has 0 aromatic carbocycles. The van der Waals surface area contributed by atoms with Crippen LogP contribution in [0.3, 0.4) is 0 Å². The molecule has 0 aliphatic carbocycles. The molecule has 0 spiro atoms. The van der Waals surface area contributed by atoms with Gasteiger partial charge in [-0.2, -0.15) is 0 Å². The molecule has 25 heteroatoms. The molecule has 7 N–H and O–H groups in total. The van der Waals surface area contributed by atoms with Gasteiger partial charge in [-0.3, -0.25) is 52.7 Å². The van der Waals surface area contributed by atoms with Crippen LogP contribution in [0.4, 0.5) is 0 Å². The van der Waals surface area contributed by atoms with Gasteiger partial charge in [0.15, 0.2) is 0 Å². The molecule has 490 valence electrons. The average Bonchev–Trinajstić information content (AvgIpc) is 1.93. The van der Waals surface area contributed by atoms with Crippen LogP contribution in [0.25, 0.3) is 0 Å². The summed E-state index contributed by atoms with van der Waals surface area (Å²) in [6.07, 6.45) is 0.995. The predicted octanol–water partition coefficient (Wildman–Crippen LogP) is 0.719. The van der Waals surface area contributed by atoms with Crippen molar-refractivity contribution in [2.45, 2.75) is 221 Å². The summed E-state index contributed by atoms with van der Waals surface area (Å²) in [6.45, 7) is 24.3. The molecule has 0 bridgehead atoms. The van der Waals surface area contributed by atoms with Gasteiger partial charge in [-0.05, 0) is 88.4 Å². The Hall–Kier alpha value is -6.21. The van der Waals surface area contributed by atoms with Crippen LogP contribution in [0.5, 0.6) is 0 Å². The third kappa shape index (κ3) is 19.4. The number of likely N-dealkylation sites (N-methyl/N-ethyl adjacent to an activating group) is 6. The van der Waals surface area contributed by atoms with Crippen LogP contribution in [0.1, 0.15) is 142 Å². The van der Waals surface area contributed by atoms with Gasteiger partial charge in [0.25, 0.3) is 0 Å². The van der Waals surface area contributed by atoms with E-state index in [-0.39, 0.29) is 62.8 Å². The number of allylic oxidation sites excluding steroid dienone is 2. The van der Waals surface area contributed by atoms with Crippen LogP contribution in [0.2, 0.25) is 0 Å². The second-order valence-corrected chi connectivity index (χ2v) is 25.8. The molecule has 0 aromatic heterocycles. The number of hydrogen-bond donors (Lipinski definition) is 7. The lowest BCUT2D eigenvalue weighted by atomic mass is 9.91. The van der Waals surface area contributed by atoms with E-state index >= 15 is 9.59 Å². The Morgan fingerprint density at radius 2 is 0.965 bits per heavy atom. The smallest absolute Gasteiger partial charge is 0.246 e. The van der Waals surface area contributed by atoms with E-state index in [1.165, 1.54) is 70.8 Å². The Morgan fingerprint density at radius 3 is 1.44 bits per heavy atom. The summed E-state index contributed by atoms with van der Waals surface area (Å²) in [5, 5.41) is 44.5. The topological polar surface area (TPSA) is 319 Å². The quantitative estimate of drug-likeness (QED) is 0.118. The van der Waals surface area contributed by atoms with Crippen molar-refractivity contribution >= 4 is 65.0 Å². The van der Waals surface area contributed by atoms with E-state index in [2.05, 4.69) is 21.3 Å². The number of aliphatic hydroxyl groups is 3. The van der Waals surface area contributed by atoms with Crippen molar-refractivity contribution in [1.82, 2.24) is 55.6 Å². The van der Waals surface area contributed by atoms with Gasteiger partial charge >= 0.3 is 0 Å². The maximum atomic E-state index is 15.2. The number of nitrogens with one attached hydrogen (secondary N) is 4. The highest BCUT2D eigenvalue weighted by Crippen LogP contribution is 2.27. The lowest BCUT2D eigenvalue weighted by Crippen LogP contribution is -2.64. The number of carbonyl (C=O) groups is 11. The van der Waals surface area contributed by atoms with Crippen molar-refractivity contribution in [2.24, 2.45) is 35.5 Å². The first-order valence-corrected chi connectivity index (χ1v) is 30.5. The standard InChI is InChI=1S/C61H107N11O14/c1-22-24-25-37(13)50(75)49-54(79)64-41(23-2)56(81)72-30-40(74)29-45(72)59(84)69(19)46(31-73)53(78)65-47(35(9)10)60(85)66(16)42(26-32(3)4)52(77)62-38(14)51(76)63-39(15)55(80)67(17)43(27-33(5)6)57(82)68(18)44(28-34(7)8)58(83)70(20)48(36(11)12)61(86)71(49)21/h22,24,32-50,73-75H,23,25-31H2,1-21H3,(H,62,77)(H,63,76)(H,64,79)(H,65,78)/b24-22+/t37-,38+,39-,40?,41+,42+,43+,44+,45-,46+,47+,48+,49+,50-/m1/s1. The van der Waals surface area contributed by atoms with Gasteiger partial charge in [0, 0.05) is 55.3 Å². The van der Waals surface area contributed by atoms with E-state index in [0.29, 0.717) is 0 Å². The lowest BCUT2D eigenvalue weighted by molar-refractivity contribution is -0.157. The van der Waals surface area contributed by atoms with Crippen molar-refractivity contribution in [3.8, 4) is 0 Å². The molecule has 2 aliphatic heterocycles. The van der Waals surface area contributed by atoms with Gasteiger partial charge < -0.3 is 70.9 Å². The first kappa shape index (κ1) is 75.9. The van der Waals surface area contributed by atoms with Gasteiger partial charge in [0.1, 0.15) is 66.5 Å². The largest absolute Gasteiger partial charge is 0.394 e. The Labute approximate surface area is 511 Å². The Morgan fingerprint density at radius 1 is 0.512 bits per heavy atom. The van der Waals surface area contributed by atoms with Crippen LogP contribution in [-0.2, 0) is 52.7 Å². The molecular formula is C61H107N11O14. The highest BCUT2D eigenvalue weighted by molar-refractivity contribution is 6.00. The van der Waals surface area contributed by atoms with Crippen molar-refractivity contribution in [3.05, 3.63) is 12.2 Å². The van der Waals surface area contributed by atoms with E-state index in [4.69, 9.17) is 0 Å². The summed E-state index contributed by atoms with van der Waals surface area (Å²) >= 11 is 0. The summed E-state index contributed by atoms with van der Waals surface area (Å²) in [4.78, 5) is 168. The highest BCUT2D eigenvalue weighted by Gasteiger charge is 2.48. The van der Waals surface area contributed by atoms with Crippen molar-refractivity contribution in [2.75, 3.05) is 55.4 Å². The predicted molar refractivity (Wildman–Crippen MR) is 325 cm³/mol. The molecule has 11 amide bonds. The molecule has 0 radical (unpaired) electrons.